The smallest absolute Gasteiger partial charge is 0.128 e. The molecule has 24 heavy (non-hydrogen) atoms. The van der Waals surface area contributed by atoms with Crippen LogP contribution in [0.1, 0.15) is 36.5 Å². The number of aliphatic hydroxyl groups excluding tert-OH is 1. The van der Waals surface area contributed by atoms with Crippen LogP contribution in [-0.2, 0) is 6.54 Å². The lowest BCUT2D eigenvalue weighted by Gasteiger charge is -2.46. The molecule has 0 aliphatic carbocycles. The third kappa shape index (κ3) is 3.04. The standard InChI is InChI=1S/C20H22FNO2/c21-16-6-7-17-18(23)13-20(24-19(17)12-16)8-10-22(11-9-20)14-15-4-2-1-3-5-15/h1-7,12,18,23H,8-11,13-14H2/t18-/m0/s1. The molecular formula is C20H22FNO2. The minimum atomic E-state index is -0.574. The number of ether oxygens (including phenoxy) is 1. The first-order valence-corrected chi connectivity index (χ1v) is 8.56. The predicted octanol–water partition coefficient (Wildman–Crippen LogP) is 3.68. The molecule has 2 aromatic rings. The van der Waals surface area contributed by atoms with Crippen molar-refractivity contribution in [3.05, 3.63) is 65.5 Å². The molecule has 0 radical (unpaired) electrons. The van der Waals surface area contributed by atoms with Crippen LogP contribution < -0.4 is 4.74 Å². The van der Waals surface area contributed by atoms with Gasteiger partial charge in [-0.05, 0) is 30.5 Å². The lowest BCUT2D eigenvalue weighted by Crippen LogP contribution is -2.50. The van der Waals surface area contributed by atoms with Gasteiger partial charge in [0, 0.05) is 37.7 Å². The maximum atomic E-state index is 13.5. The van der Waals surface area contributed by atoms with E-state index in [1.165, 1.54) is 17.7 Å². The van der Waals surface area contributed by atoms with Crippen molar-refractivity contribution in [2.45, 2.75) is 37.5 Å². The van der Waals surface area contributed by atoms with Crippen molar-refractivity contribution >= 4 is 0 Å². The van der Waals surface area contributed by atoms with Gasteiger partial charge in [0.2, 0.25) is 0 Å². The highest BCUT2D eigenvalue weighted by Gasteiger charge is 2.42. The van der Waals surface area contributed by atoms with E-state index in [4.69, 9.17) is 4.74 Å². The number of rotatable bonds is 2. The molecule has 1 saturated heterocycles. The summed E-state index contributed by atoms with van der Waals surface area (Å²) in [6.45, 7) is 2.78. The van der Waals surface area contributed by atoms with E-state index in [1.54, 1.807) is 6.07 Å². The van der Waals surface area contributed by atoms with Crippen LogP contribution in [0.3, 0.4) is 0 Å². The summed E-state index contributed by atoms with van der Waals surface area (Å²) in [6, 6.07) is 14.9. The molecule has 1 N–H and O–H groups in total. The van der Waals surface area contributed by atoms with Crippen molar-refractivity contribution in [2.24, 2.45) is 0 Å². The second-order valence-corrected chi connectivity index (χ2v) is 6.95. The maximum absolute atomic E-state index is 13.5. The molecule has 0 amide bonds. The molecule has 2 aliphatic rings. The zero-order valence-corrected chi connectivity index (χ0v) is 13.6. The zero-order valence-electron chi connectivity index (χ0n) is 13.6. The molecule has 0 aromatic heterocycles. The van der Waals surface area contributed by atoms with Crippen LogP contribution in [-0.4, -0.2) is 28.7 Å². The zero-order chi connectivity index (χ0) is 16.6. The van der Waals surface area contributed by atoms with Crippen LogP contribution in [0, 0.1) is 5.82 Å². The number of fused-ring (bicyclic) bond motifs is 1. The molecule has 1 spiro atoms. The summed E-state index contributed by atoms with van der Waals surface area (Å²) in [4.78, 5) is 2.41. The highest BCUT2D eigenvalue weighted by atomic mass is 19.1. The Morgan fingerprint density at radius 3 is 2.62 bits per heavy atom. The lowest BCUT2D eigenvalue weighted by molar-refractivity contribution is -0.0553. The normalized spacial score (nSPS) is 22.8. The summed E-state index contributed by atoms with van der Waals surface area (Å²) < 4.78 is 19.7. The fourth-order valence-electron chi connectivity index (χ4n) is 3.88. The monoisotopic (exact) mass is 327 g/mol. The number of piperidine rings is 1. The van der Waals surface area contributed by atoms with Gasteiger partial charge in [0.25, 0.3) is 0 Å². The van der Waals surface area contributed by atoms with Gasteiger partial charge in [-0.3, -0.25) is 4.90 Å². The quantitative estimate of drug-likeness (QED) is 0.913. The molecule has 3 nitrogen and oxygen atoms in total. The van der Waals surface area contributed by atoms with Crippen LogP contribution in [0.4, 0.5) is 4.39 Å². The number of halogens is 1. The molecule has 1 fully saturated rings. The minimum absolute atomic E-state index is 0.320. The van der Waals surface area contributed by atoms with Crippen LogP contribution in [0.5, 0.6) is 5.75 Å². The first kappa shape index (κ1) is 15.6. The Morgan fingerprint density at radius 2 is 1.88 bits per heavy atom. The van der Waals surface area contributed by atoms with E-state index in [1.807, 2.05) is 6.07 Å². The Labute approximate surface area is 141 Å². The highest BCUT2D eigenvalue weighted by molar-refractivity contribution is 5.38. The van der Waals surface area contributed by atoms with Crippen molar-refractivity contribution in [1.29, 1.82) is 0 Å². The summed E-state index contributed by atoms with van der Waals surface area (Å²) in [5.74, 6) is 0.185. The average Bonchev–Trinajstić information content (AvgIpc) is 2.58. The number of hydrogen-bond donors (Lipinski definition) is 1. The molecule has 2 heterocycles. The molecule has 0 bridgehead atoms. The number of aliphatic hydroxyl groups is 1. The molecule has 0 unspecified atom stereocenters. The number of nitrogens with zero attached hydrogens (tertiary/aromatic N) is 1. The van der Waals surface area contributed by atoms with E-state index in [-0.39, 0.29) is 11.4 Å². The average molecular weight is 327 g/mol. The largest absolute Gasteiger partial charge is 0.487 e. The predicted molar refractivity (Wildman–Crippen MR) is 90.3 cm³/mol. The summed E-state index contributed by atoms with van der Waals surface area (Å²) in [5, 5.41) is 10.5. The third-order valence-corrected chi connectivity index (χ3v) is 5.24. The van der Waals surface area contributed by atoms with Gasteiger partial charge in [-0.1, -0.05) is 30.3 Å². The fourth-order valence-corrected chi connectivity index (χ4v) is 3.88. The molecule has 4 heteroatoms. The molecule has 126 valence electrons. The third-order valence-electron chi connectivity index (χ3n) is 5.24. The fraction of sp³-hybridized carbons (Fsp3) is 0.400. The Bertz CT molecular complexity index is 711. The number of benzene rings is 2. The summed E-state index contributed by atoms with van der Waals surface area (Å²) in [5.41, 5.74) is 1.65. The van der Waals surface area contributed by atoms with Crippen LogP contribution in [0.2, 0.25) is 0 Å². The van der Waals surface area contributed by atoms with E-state index < -0.39 is 6.10 Å². The van der Waals surface area contributed by atoms with Crippen molar-refractivity contribution in [3.63, 3.8) is 0 Å². The van der Waals surface area contributed by atoms with Crippen LogP contribution in [0.25, 0.3) is 0 Å². The van der Waals surface area contributed by atoms with Crippen molar-refractivity contribution in [2.75, 3.05) is 13.1 Å². The van der Waals surface area contributed by atoms with Gasteiger partial charge in [-0.2, -0.15) is 0 Å². The Morgan fingerprint density at radius 1 is 1.12 bits per heavy atom. The lowest BCUT2D eigenvalue weighted by atomic mass is 9.81. The Kier molecular flexibility index (Phi) is 4.02. The van der Waals surface area contributed by atoms with Gasteiger partial charge >= 0.3 is 0 Å². The van der Waals surface area contributed by atoms with Gasteiger partial charge in [-0.25, -0.2) is 4.39 Å². The van der Waals surface area contributed by atoms with E-state index in [9.17, 15) is 9.50 Å². The van der Waals surface area contributed by atoms with Gasteiger partial charge in [0.1, 0.15) is 17.2 Å². The number of likely N-dealkylation sites (tertiary alicyclic amines) is 1. The van der Waals surface area contributed by atoms with Crippen molar-refractivity contribution < 1.29 is 14.2 Å². The van der Waals surface area contributed by atoms with Crippen molar-refractivity contribution in [3.8, 4) is 5.75 Å². The van der Waals surface area contributed by atoms with E-state index >= 15 is 0 Å². The molecular weight excluding hydrogens is 305 g/mol. The van der Waals surface area contributed by atoms with Crippen LogP contribution in [0.15, 0.2) is 48.5 Å². The Hall–Kier alpha value is -1.91. The molecule has 2 aliphatic heterocycles. The summed E-state index contributed by atoms with van der Waals surface area (Å²) in [6.07, 6.45) is 1.72. The minimum Gasteiger partial charge on any atom is -0.487 e. The second kappa shape index (κ2) is 6.19. The highest BCUT2D eigenvalue weighted by Crippen LogP contribution is 2.44. The molecule has 2 aromatic carbocycles. The maximum Gasteiger partial charge on any atom is 0.128 e. The van der Waals surface area contributed by atoms with E-state index in [2.05, 4.69) is 29.2 Å². The Balaban J connectivity index is 1.45. The molecule has 1 atom stereocenters. The van der Waals surface area contributed by atoms with Gasteiger partial charge in [0.15, 0.2) is 0 Å². The summed E-state index contributed by atoms with van der Waals surface area (Å²) in [7, 11) is 0. The SMILES string of the molecule is O[C@H]1CC2(CCN(Cc3ccccc3)CC2)Oc2cc(F)ccc21. The van der Waals surface area contributed by atoms with E-state index in [0.29, 0.717) is 17.7 Å². The second-order valence-electron chi connectivity index (χ2n) is 6.95. The topological polar surface area (TPSA) is 32.7 Å². The molecule has 4 rings (SSSR count). The molecule has 0 saturated carbocycles. The first-order chi connectivity index (χ1) is 11.6. The number of hydrogen-bond acceptors (Lipinski definition) is 3. The van der Waals surface area contributed by atoms with Gasteiger partial charge in [0.05, 0.1) is 6.10 Å². The first-order valence-electron chi connectivity index (χ1n) is 8.56. The van der Waals surface area contributed by atoms with Crippen molar-refractivity contribution in [1.82, 2.24) is 4.90 Å². The summed E-state index contributed by atoms with van der Waals surface area (Å²) >= 11 is 0. The van der Waals surface area contributed by atoms with Gasteiger partial charge in [-0.15, -0.1) is 0 Å². The van der Waals surface area contributed by atoms with Crippen LogP contribution >= 0.6 is 0 Å². The van der Waals surface area contributed by atoms with E-state index in [0.717, 1.165) is 32.5 Å². The van der Waals surface area contributed by atoms with Gasteiger partial charge < -0.3 is 9.84 Å².